The number of sulfone groups is 2. The molecule has 39 heavy (non-hydrogen) atoms. The maximum absolute atomic E-state index is 12.9. The van der Waals surface area contributed by atoms with E-state index in [1.807, 2.05) is 0 Å². The standard InChI is InChI=1S/C18H8F6O4S2.C8H20N/c19-17(20,21)29(25,26)13-5-9-1-2-10-6-14(30(27,28)18(22,23)24)8-12-4-3-11(7-13)15(9)16(10)12;1-5-7-8-9(3,4)6-2/h1-8H;5-8H2,1-4H3/q;+1. The number of nitrogens with zero attached hydrogens (tertiary/aromatic N) is 1. The average Bonchev–Trinajstić information content (AvgIpc) is 2.84. The summed E-state index contributed by atoms with van der Waals surface area (Å²) in [6.07, 6.45) is 2.68. The van der Waals surface area contributed by atoms with Crippen molar-refractivity contribution in [2.45, 2.75) is 47.5 Å². The van der Waals surface area contributed by atoms with Gasteiger partial charge in [-0.25, -0.2) is 16.8 Å². The predicted molar refractivity (Wildman–Crippen MR) is 139 cm³/mol. The van der Waals surface area contributed by atoms with Crippen LogP contribution in [0.2, 0.25) is 0 Å². The Kier molecular flexibility index (Phi) is 8.24. The highest BCUT2D eigenvalue weighted by Crippen LogP contribution is 2.41. The quantitative estimate of drug-likeness (QED) is 0.136. The van der Waals surface area contributed by atoms with Gasteiger partial charge in [0.25, 0.3) is 19.7 Å². The minimum absolute atomic E-state index is 0.111. The lowest BCUT2D eigenvalue weighted by atomic mass is 9.94. The highest BCUT2D eigenvalue weighted by molar-refractivity contribution is 7.92. The molecule has 0 N–H and O–H groups in total. The first-order valence-corrected chi connectivity index (χ1v) is 14.9. The van der Waals surface area contributed by atoms with Crippen LogP contribution in [0.1, 0.15) is 26.7 Å². The van der Waals surface area contributed by atoms with Gasteiger partial charge < -0.3 is 4.48 Å². The molecule has 0 saturated heterocycles. The third kappa shape index (κ3) is 5.94. The lowest BCUT2D eigenvalue weighted by molar-refractivity contribution is -0.888. The van der Waals surface area contributed by atoms with Crippen molar-refractivity contribution >= 4 is 52.0 Å². The van der Waals surface area contributed by atoms with Crippen molar-refractivity contribution in [2.24, 2.45) is 0 Å². The number of quaternary nitrogens is 1. The molecular formula is C26H28F6NO4S2+. The Morgan fingerprint density at radius 2 is 0.949 bits per heavy atom. The molecule has 4 aromatic rings. The molecular weight excluding hydrogens is 568 g/mol. The van der Waals surface area contributed by atoms with Crippen molar-refractivity contribution in [3.05, 3.63) is 48.5 Å². The molecule has 0 bridgehead atoms. The molecule has 0 aliphatic heterocycles. The average molecular weight is 597 g/mol. The molecule has 13 heteroatoms. The van der Waals surface area contributed by atoms with Crippen molar-refractivity contribution in [1.82, 2.24) is 0 Å². The van der Waals surface area contributed by atoms with E-state index in [0.29, 0.717) is 10.8 Å². The number of rotatable bonds is 6. The van der Waals surface area contributed by atoms with Crippen molar-refractivity contribution in [3.8, 4) is 0 Å². The molecule has 0 saturated carbocycles. The third-order valence-electron chi connectivity index (χ3n) is 6.68. The summed E-state index contributed by atoms with van der Waals surface area (Å²) in [5.41, 5.74) is -11.0. The molecule has 0 radical (unpaired) electrons. The molecule has 0 unspecified atom stereocenters. The number of halogens is 6. The van der Waals surface area contributed by atoms with Gasteiger partial charge in [-0.2, -0.15) is 26.3 Å². The smallest absolute Gasteiger partial charge is 0.329 e. The molecule has 5 nitrogen and oxygen atoms in total. The number of benzene rings is 4. The summed E-state index contributed by atoms with van der Waals surface area (Å²) in [4.78, 5) is -1.94. The van der Waals surface area contributed by atoms with Gasteiger partial charge in [-0.15, -0.1) is 0 Å². The zero-order valence-corrected chi connectivity index (χ0v) is 23.2. The summed E-state index contributed by atoms with van der Waals surface area (Å²) in [6, 6.07) is 8.20. The summed E-state index contributed by atoms with van der Waals surface area (Å²) in [5, 5.41) is 1.06. The molecule has 0 aliphatic carbocycles. The van der Waals surface area contributed by atoms with Crippen molar-refractivity contribution in [1.29, 1.82) is 0 Å². The summed E-state index contributed by atoms with van der Waals surface area (Å²) >= 11 is 0. The van der Waals surface area contributed by atoms with E-state index >= 15 is 0 Å². The van der Waals surface area contributed by atoms with Crippen LogP contribution >= 0.6 is 0 Å². The van der Waals surface area contributed by atoms with Crippen LogP contribution in [-0.2, 0) is 19.7 Å². The van der Waals surface area contributed by atoms with Gasteiger partial charge in [0, 0.05) is 0 Å². The van der Waals surface area contributed by atoms with Crippen LogP contribution in [-0.4, -0.2) is 59.5 Å². The van der Waals surface area contributed by atoms with Crippen molar-refractivity contribution in [2.75, 3.05) is 27.2 Å². The van der Waals surface area contributed by atoms with Crippen molar-refractivity contribution in [3.63, 3.8) is 0 Å². The highest BCUT2D eigenvalue weighted by Gasteiger charge is 2.48. The molecule has 0 aliphatic rings. The molecule has 0 spiro atoms. The van der Waals surface area contributed by atoms with E-state index in [0.717, 1.165) is 24.3 Å². The fourth-order valence-electron chi connectivity index (χ4n) is 4.10. The molecule has 0 fully saturated rings. The largest absolute Gasteiger partial charge is 0.501 e. The predicted octanol–water partition coefficient (Wildman–Crippen LogP) is 7.05. The third-order valence-corrected chi connectivity index (χ3v) is 9.62. The summed E-state index contributed by atoms with van der Waals surface area (Å²) in [5.74, 6) is 0. The Morgan fingerprint density at radius 3 is 1.18 bits per heavy atom. The maximum atomic E-state index is 12.9. The first-order valence-electron chi connectivity index (χ1n) is 11.9. The molecule has 0 amide bonds. The lowest BCUT2D eigenvalue weighted by Gasteiger charge is -2.27. The summed E-state index contributed by atoms with van der Waals surface area (Å²) < 4.78 is 126. The van der Waals surface area contributed by atoms with E-state index < -0.39 is 40.5 Å². The van der Waals surface area contributed by atoms with Crippen molar-refractivity contribution < 1.29 is 47.7 Å². The van der Waals surface area contributed by atoms with E-state index in [2.05, 4.69) is 27.9 Å². The van der Waals surface area contributed by atoms with Crippen LogP contribution in [0.4, 0.5) is 26.3 Å². The number of alkyl halides is 6. The maximum Gasteiger partial charge on any atom is 0.501 e. The van der Waals surface area contributed by atoms with E-state index in [9.17, 15) is 43.2 Å². The number of hydrogen-bond acceptors (Lipinski definition) is 4. The second-order valence-corrected chi connectivity index (χ2v) is 13.7. The topological polar surface area (TPSA) is 68.3 Å². The fraction of sp³-hybridized carbons (Fsp3) is 0.385. The Morgan fingerprint density at radius 1 is 0.641 bits per heavy atom. The molecule has 0 heterocycles. The first-order chi connectivity index (χ1) is 17.8. The van der Waals surface area contributed by atoms with E-state index in [1.165, 1.54) is 54.7 Å². The van der Waals surface area contributed by atoms with Gasteiger partial charge >= 0.3 is 11.0 Å². The van der Waals surface area contributed by atoms with Gasteiger partial charge in [0.1, 0.15) is 0 Å². The van der Waals surface area contributed by atoms with Gasteiger partial charge in [-0.1, -0.05) is 37.6 Å². The molecule has 0 atom stereocenters. The highest BCUT2D eigenvalue weighted by atomic mass is 32.2. The Labute approximate surface area is 222 Å². The lowest BCUT2D eigenvalue weighted by Crippen LogP contribution is -2.39. The molecule has 4 rings (SSSR count). The fourth-order valence-corrected chi connectivity index (χ4v) is 5.77. The van der Waals surface area contributed by atoms with Crippen LogP contribution < -0.4 is 0 Å². The van der Waals surface area contributed by atoms with Gasteiger partial charge in [0.05, 0.1) is 37.0 Å². The zero-order chi connectivity index (χ0) is 29.6. The molecule has 214 valence electrons. The van der Waals surface area contributed by atoms with Crippen LogP contribution in [0.3, 0.4) is 0 Å². The van der Waals surface area contributed by atoms with E-state index in [-0.39, 0.29) is 21.5 Å². The Balaban J connectivity index is 0.000000403. The van der Waals surface area contributed by atoms with Gasteiger partial charge in [-0.3, -0.25) is 0 Å². The zero-order valence-electron chi connectivity index (χ0n) is 21.6. The summed E-state index contributed by atoms with van der Waals surface area (Å²) in [7, 11) is -6.65. The first kappa shape index (κ1) is 30.9. The normalized spacial score (nSPS) is 13.7. The monoisotopic (exact) mass is 596 g/mol. The number of hydrogen-bond donors (Lipinski definition) is 0. The minimum atomic E-state index is -5.61. The Bertz CT molecular complexity index is 1530. The van der Waals surface area contributed by atoms with Crippen LogP contribution in [0.15, 0.2) is 58.3 Å². The van der Waals surface area contributed by atoms with E-state index in [1.54, 1.807) is 0 Å². The van der Waals surface area contributed by atoms with Crippen LogP contribution in [0.25, 0.3) is 32.3 Å². The van der Waals surface area contributed by atoms with Gasteiger partial charge in [0.2, 0.25) is 0 Å². The SMILES string of the molecule is CCCC[N+](C)(C)CC.O=S(=O)(c1cc2ccc3cc(S(=O)(=O)C(F)(F)F)cc4ccc(c1)c2c34)C(F)(F)F. The van der Waals surface area contributed by atoms with Gasteiger partial charge in [0.15, 0.2) is 0 Å². The second kappa shape index (κ2) is 10.4. The number of unbranched alkanes of at least 4 members (excludes halogenated alkanes) is 1. The molecule has 4 aromatic carbocycles. The minimum Gasteiger partial charge on any atom is -0.329 e. The van der Waals surface area contributed by atoms with Gasteiger partial charge in [-0.05, 0) is 69.9 Å². The molecule has 0 aromatic heterocycles. The van der Waals surface area contributed by atoms with Crippen LogP contribution in [0, 0.1) is 0 Å². The van der Waals surface area contributed by atoms with Crippen LogP contribution in [0.5, 0.6) is 0 Å². The Hall–Kier alpha value is -2.64. The van der Waals surface area contributed by atoms with E-state index in [4.69, 9.17) is 0 Å². The second-order valence-electron chi connectivity index (χ2n) is 9.85. The summed E-state index contributed by atoms with van der Waals surface area (Å²) in [6.45, 7) is 7.07.